The topological polar surface area (TPSA) is 43.1 Å². The maximum atomic E-state index is 12.1. The Bertz CT molecular complexity index is 255. The lowest BCUT2D eigenvalue weighted by atomic mass is 10.5. The molecule has 74 valence electrons. The molecule has 0 N–H and O–H groups in total. The third-order valence-corrected chi connectivity index (χ3v) is 3.89. The van der Waals surface area contributed by atoms with Crippen molar-refractivity contribution in [2.75, 3.05) is 11.5 Å². The number of allylic oxidation sites excluding steroid dienone is 1. The summed E-state index contributed by atoms with van der Waals surface area (Å²) < 4.78 is 36.1. The lowest BCUT2D eigenvalue weighted by Crippen LogP contribution is -2.19. The maximum Gasteiger partial charge on any atom is 0.485 e. The molecule has 1 rings (SSSR count). The standard InChI is InChI=1S/C5H4F3NO2S2/c6-5(7,8)3(9(10)11)4-12-1-2-13-4/h1-2H2. The quantitative estimate of drug-likeness (QED) is 0.513. The monoisotopic (exact) mass is 231 g/mol. The Balaban J connectivity index is 3.04. The van der Waals surface area contributed by atoms with E-state index < -0.39 is 16.8 Å². The highest BCUT2D eigenvalue weighted by Crippen LogP contribution is 2.43. The van der Waals surface area contributed by atoms with Gasteiger partial charge in [0.1, 0.15) is 4.24 Å². The van der Waals surface area contributed by atoms with Crippen molar-refractivity contribution in [2.45, 2.75) is 6.18 Å². The number of thioether (sulfide) groups is 2. The van der Waals surface area contributed by atoms with Crippen LogP contribution >= 0.6 is 23.5 Å². The molecule has 0 bridgehead atoms. The van der Waals surface area contributed by atoms with Crippen LogP contribution in [0.15, 0.2) is 9.93 Å². The molecule has 0 saturated carbocycles. The van der Waals surface area contributed by atoms with Gasteiger partial charge in [0.05, 0.1) is 4.92 Å². The van der Waals surface area contributed by atoms with Crippen molar-refractivity contribution in [2.24, 2.45) is 0 Å². The summed E-state index contributed by atoms with van der Waals surface area (Å²) in [5, 5.41) is 10.1. The van der Waals surface area contributed by atoms with Crippen molar-refractivity contribution in [1.82, 2.24) is 0 Å². The number of nitrogens with zero attached hydrogens (tertiary/aromatic N) is 1. The molecule has 0 amide bonds. The first kappa shape index (κ1) is 10.7. The second kappa shape index (κ2) is 3.79. The van der Waals surface area contributed by atoms with Crippen LogP contribution in [0, 0.1) is 10.1 Å². The zero-order chi connectivity index (χ0) is 10.1. The Morgan fingerprint density at radius 1 is 1.38 bits per heavy atom. The van der Waals surface area contributed by atoms with Crippen molar-refractivity contribution in [1.29, 1.82) is 0 Å². The molecule has 0 aromatic rings. The van der Waals surface area contributed by atoms with Gasteiger partial charge in [-0.15, -0.1) is 23.5 Å². The number of hydrogen-bond donors (Lipinski definition) is 0. The van der Waals surface area contributed by atoms with Crippen LogP contribution in [0.2, 0.25) is 0 Å². The minimum Gasteiger partial charge on any atom is -0.258 e. The van der Waals surface area contributed by atoms with Crippen LogP contribution in [-0.2, 0) is 0 Å². The van der Waals surface area contributed by atoms with Crippen LogP contribution in [0.1, 0.15) is 0 Å². The van der Waals surface area contributed by atoms with Crippen LogP contribution in [0.3, 0.4) is 0 Å². The van der Waals surface area contributed by atoms with E-state index in [1.165, 1.54) is 0 Å². The Kier molecular flexibility index (Phi) is 3.12. The summed E-state index contributed by atoms with van der Waals surface area (Å²) in [5.74, 6) is 0.987. The second-order valence-corrected chi connectivity index (χ2v) is 4.56. The Morgan fingerprint density at radius 2 is 1.85 bits per heavy atom. The highest BCUT2D eigenvalue weighted by Gasteiger charge is 2.48. The molecule has 0 atom stereocenters. The molecule has 0 aromatic heterocycles. The van der Waals surface area contributed by atoms with Crippen LogP contribution in [-0.4, -0.2) is 22.6 Å². The zero-order valence-corrected chi connectivity index (χ0v) is 7.76. The molecule has 1 saturated heterocycles. The smallest absolute Gasteiger partial charge is 0.258 e. The normalized spacial score (nSPS) is 17.6. The zero-order valence-electron chi connectivity index (χ0n) is 6.13. The molecule has 1 heterocycles. The first-order valence-electron chi connectivity index (χ1n) is 3.14. The van der Waals surface area contributed by atoms with Crippen molar-refractivity contribution in [3.05, 3.63) is 20.0 Å². The van der Waals surface area contributed by atoms with Crippen LogP contribution in [0.4, 0.5) is 13.2 Å². The maximum absolute atomic E-state index is 12.1. The Morgan fingerprint density at radius 3 is 2.15 bits per heavy atom. The average Bonchev–Trinajstić information content (AvgIpc) is 2.34. The molecule has 0 radical (unpaired) electrons. The van der Waals surface area contributed by atoms with Crippen molar-refractivity contribution in [3.63, 3.8) is 0 Å². The van der Waals surface area contributed by atoms with Gasteiger partial charge >= 0.3 is 11.9 Å². The van der Waals surface area contributed by atoms with Gasteiger partial charge in [-0.2, -0.15) is 13.2 Å². The minimum absolute atomic E-state index is 0.225. The Labute approximate surface area is 79.9 Å². The van der Waals surface area contributed by atoms with Crippen molar-refractivity contribution < 1.29 is 18.1 Å². The van der Waals surface area contributed by atoms with E-state index in [0.717, 1.165) is 23.5 Å². The summed E-state index contributed by atoms with van der Waals surface area (Å²) in [6, 6.07) is 0. The highest BCUT2D eigenvalue weighted by molar-refractivity contribution is 8.25. The predicted molar refractivity (Wildman–Crippen MR) is 45.0 cm³/mol. The van der Waals surface area contributed by atoms with E-state index in [2.05, 4.69) is 0 Å². The van der Waals surface area contributed by atoms with Gasteiger partial charge in [-0.3, -0.25) is 10.1 Å². The molecular formula is C5H4F3NO2S2. The lowest BCUT2D eigenvalue weighted by Gasteiger charge is -2.04. The fourth-order valence-electron chi connectivity index (χ4n) is 0.741. The largest absolute Gasteiger partial charge is 0.485 e. The molecule has 0 aliphatic carbocycles. The minimum atomic E-state index is -4.86. The van der Waals surface area contributed by atoms with E-state index in [-0.39, 0.29) is 4.24 Å². The van der Waals surface area contributed by atoms with Crippen molar-refractivity contribution >= 4 is 23.5 Å². The number of halogens is 3. The van der Waals surface area contributed by atoms with E-state index in [1.807, 2.05) is 0 Å². The summed E-state index contributed by atoms with van der Waals surface area (Å²) in [7, 11) is 0. The molecule has 1 fully saturated rings. The van der Waals surface area contributed by atoms with Gasteiger partial charge in [-0.1, -0.05) is 0 Å². The van der Waals surface area contributed by atoms with Gasteiger partial charge in [0.2, 0.25) is 0 Å². The third-order valence-electron chi connectivity index (χ3n) is 1.19. The summed E-state index contributed by atoms with van der Waals surface area (Å²) >= 11 is 1.77. The van der Waals surface area contributed by atoms with Gasteiger partial charge in [0, 0.05) is 11.5 Å². The molecule has 1 aliphatic rings. The summed E-state index contributed by atoms with van der Waals surface area (Å²) in [6.07, 6.45) is -4.86. The Hall–Kier alpha value is -0.370. The van der Waals surface area contributed by atoms with Gasteiger partial charge in [-0.25, -0.2) is 0 Å². The highest BCUT2D eigenvalue weighted by atomic mass is 32.2. The van der Waals surface area contributed by atoms with E-state index in [9.17, 15) is 23.3 Å². The molecule has 0 spiro atoms. The molecule has 0 unspecified atom stereocenters. The number of hydrogen-bond acceptors (Lipinski definition) is 4. The first-order valence-corrected chi connectivity index (χ1v) is 5.11. The number of rotatable bonds is 1. The SMILES string of the molecule is O=[N+]([O-])C(=C1SCCS1)C(F)(F)F. The number of alkyl halides is 3. The fraction of sp³-hybridized carbons (Fsp3) is 0.600. The molecule has 1 aliphatic heterocycles. The summed E-state index contributed by atoms with van der Waals surface area (Å²) in [6.45, 7) is 0. The molecule has 8 heteroatoms. The molecule has 0 aromatic carbocycles. The van der Waals surface area contributed by atoms with Gasteiger partial charge in [0.25, 0.3) is 0 Å². The summed E-state index contributed by atoms with van der Waals surface area (Å²) in [4.78, 5) is 8.77. The fourth-order valence-corrected chi connectivity index (χ4v) is 3.27. The molecule has 3 nitrogen and oxygen atoms in total. The van der Waals surface area contributed by atoms with Crippen LogP contribution in [0.5, 0.6) is 0 Å². The van der Waals surface area contributed by atoms with Gasteiger partial charge in [-0.05, 0) is 0 Å². The molecular weight excluding hydrogens is 227 g/mol. The molecule has 13 heavy (non-hydrogen) atoms. The van der Waals surface area contributed by atoms with E-state index >= 15 is 0 Å². The average molecular weight is 231 g/mol. The van der Waals surface area contributed by atoms with E-state index in [0.29, 0.717) is 11.5 Å². The predicted octanol–water partition coefficient (Wildman–Crippen LogP) is 2.47. The van der Waals surface area contributed by atoms with E-state index in [1.54, 1.807) is 0 Å². The van der Waals surface area contributed by atoms with Gasteiger partial charge in [0.15, 0.2) is 0 Å². The van der Waals surface area contributed by atoms with E-state index in [4.69, 9.17) is 0 Å². The third kappa shape index (κ3) is 2.53. The first-order chi connectivity index (χ1) is 5.93. The summed E-state index contributed by atoms with van der Waals surface area (Å²) in [5.41, 5.74) is -1.62. The van der Waals surface area contributed by atoms with Crippen LogP contribution in [0.25, 0.3) is 0 Å². The van der Waals surface area contributed by atoms with Crippen molar-refractivity contribution in [3.8, 4) is 0 Å². The van der Waals surface area contributed by atoms with Gasteiger partial charge < -0.3 is 0 Å². The van der Waals surface area contributed by atoms with Crippen LogP contribution < -0.4 is 0 Å². The second-order valence-electron chi connectivity index (χ2n) is 2.09. The lowest BCUT2D eigenvalue weighted by molar-refractivity contribution is -0.459. The number of nitro groups is 1.